The number of morpholine rings is 1. The Balaban J connectivity index is 1.32. The molecule has 0 unspecified atom stereocenters. The molecule has 6 atom stereocenters. The number of anilines is 1. The number of aliphatic hydroxyl groups excluding tert-OH is 1. The standard InChI is InChI=1S/C57H60N4O9/c1-58(39-41-20-9-6-10-21-41)31-19-22-40-29-30-46-45(38-40)57(55(65)60(46)56(66)69-37-36-67-2)48(53(63)59-32-17-4-3-5-18-33-59)50-54(64)70-51(43-25-13-8-14-26-43)49(42-23-11-7-12-24-42)61(50)52(57)44-27-15-16-28-47(44)68-35-34-62/h6-16,20-21,23-30,38,48-52,62H,3-5,17-18,31-37,39H2,1-2H3/t48-,49-,50-,51+,52+,57-/m0/s1. The minimum Gasteiger partial charge on any atom is -0.491 e. The number of imide groups is 1. The summed E-state index contributed by atoms with van der Waals surface area (Å²) in [6, 6.07) is 38.5. The van der Waals surface area contributed by atoms with Gasteiger partial charge < -0.3 is 29.0 Å². The van der Waals surface area contributed by atoms with Crippen LogP contribution in [0, 0.1) is 17.8 Å². The fourth-order valence-corrected chi connectivity index (χ4v) is 11.1. The number of cyclic esters (lactones) is 1. The highest BCUT2D eigenvalue weighted by Gasteiger charge is 2.76. The number of hydrogen-bond acceptors (Lipinski definition) is 11. The molecule has 5 aromatic rings. The number of carbonyl (C=O) groups is 4. The van der Waals surface area contributed by atoms with E-state index in [1.807, 2.05) is 114 Å². The number of carbonyl (C=O) groups excluding carboxylic acids is 4. The molecule has 4 aliphatic heterocycles. The average Bonchev–Trinajstić information content (AvgIpc) is 3.82. The van der Waals surface area contributed by atoms with Crippen LogP contribution >= 0.6 is 0 Å². The molecule has 362 valence electrons. The van der Waals surface area contributed by atoms with Gasteiger partial charge in [0.05, 0.1) is 43.4 Å². The summed E-state index contributed by atoms with van der Waals surface area (Å²) in [5, 5.41) is 10.1. The molecule has 13 heteroatoms. The van der Waals surface area contributed by atoms with E-state index in [9.17, 15) is 9.90 Å². The highest BCUT2D eigenvalue weighted by atomic mass is 16.6. The maximum absolute atomic E-state index is 16.6. The van der Waals surface area contributed by atoms with E-state index in [0.717, 1.165) is 53.7 Å². The zero-order valence-corrected chi connectivity index (χ0v) is 39.8. The average molecular weight is 945 g/mol. The van der Waals surface area contributed by atoms with Crippen molar-refractivity contribution < 1.29 is 43.2 Å². The number of para-hydroxylation sites is 1. The molecular formula is C57H60N4O9. The van der Waals surface area contributed by atoms with E-state index < -0.39 is 53.5 Å². The van der Waals surface area contributed by atoms with Crippen molar-refractivity contribution in [3.05, 3.63) is 167 Å². The van der Waals surface area contributed by atoms with E-state index in [1.165, 1.54) is 7.11 Å². The molecule has 70 heavy (non-hydrogen) atoms. The smallest absolute Gasteiger partial charge is 0.421 e. The van der Waals surface area contributed by atoms with Gasteiger partial charge in [-0.2, -0.15) is 0 Å². The fraction of sp³-hybridized carbons (Fsp3) is 0.368. The molecule has 3 saturated heterocycles. The van der Waals surface area contributed by atoms with Gasteiger partial charge in [-0.3, -0.25) is 24.2 Å². The molecule has 3 fully saturated rings. The first-order valence-electron chi connectivity index (χ1n) is 24.3. The van der Waals surface area contributed by atoms with Crippen LogP contribution in [0.15, 0.2) is 133 Å². The van der Waals surface area contributed by atoms with Crippen molar-refractivity contribution in [1.29, 1.82) is 0 Å². The highest BCUT2D eigenvalue weighted by Crippen LogP contribution is 2.67. The highest BCUT2D eigenvalue weighted by molar-refractivity contribution is 6.23. The topological polar surface area (TPSA) is 138 Å². The summed E-state index contributed by atoms with van der Waals surface area (Å²) in [6.07, 6.45) is 2.54. The Labute approximate surface area is 409 Å². The number of aliphatic hydroxyl groups is 1. The summed E-state index contributed by atoms with van der Waals surface area (Å²) in [7, 11) is 3.48. The predicted octanol–water partition coefficient (Wildman–Crippen LogP) is 7.78. The summed E-state index contributed by atoms with van der Waals surface area (Å²) in [6.45, 7) is 1.51. The fourth-order valence-electron chi connectivity index (χ4n) is 11.1. The number of likely N-dealkylation sites (tertiary alicyclic amines) is 1. The van der Waals surface area contributed by atoms with Crippen LogP contribution in [-0.2, 0) is 40.6 Å². The molecule has 1 N–H and O–H groups in total. The Kier molecular flexibility index (Phi) is 15.1. The quantitative estimate of drug-likeness (QED) is 0.0704. The number of rotatable bonds is 13. The minimum atomic E-state index is -2.00. The third-order valence-corrected chi connectivity index (χ3v) is 14.0. The lowest BCUT2D eigenvalue weighted by Gasteiger charge is -2.46. The number of methoxy groups -OCH3 is 1. The molecule has 4 heterocycles. The third kappa shape index (κ3) is 9.32. The predicted molar refractivity (Wildman–Crippen MR) is 263 cm³/mol. The zero-order valence-electron chi connectivity index (χ0n) is 39.8. The summed E-state index contributed by atoms with van der Waals surface area (Å²) >= 11 is 0. The SMILES string of the molecule is COCCOC(=O)N1C(=O)[C@@]2(c3cc(C#CCN(C)Cc4ccccc4)ccc31)[C@H](C(=O)N1CCCCCCC1)[C@H]1C(=O)O[C@H](c3ccccc3)[C@H](c3ccccc3)N1[C@@H]2c1ccccc1OCCO. The lowest BCUT2D eigenvalue weighted by molar-refractivity contribution is -0.179. The molecule has 0 saturated carbocycles. The number of amides is 3. The van der Waals surface area contributed by atoms with Crippen LogP contribution in [0.5, 0.6) is 5.75 Å². The minimum absolute atomic E-state index is 0.0754. The van der Waals surface area contributed by atoms with E-state index in [-0.39, 0.29) is 38.0 Å². The second kappa shape index (κ2) is 21.9. The molecule has 0 aromatic heterocycles. The van der Waals surface area contributed by atoms with Gasteiger partial charge in [-0.1, -0.05) is 140 Å². The van der Waals surface area contributed by atoms with Crippen molar-refractivity contribution in [2.24, 2.45) is 5.92 Å². The molecule has 3 amide bonds. The number of ether oxygens (including phenoxy) is 4. The molecule has 4 aliphatic rings. The Bertz CT molecular complexity index is 2700. The number of hydrogen-bond donors (Lipinski definition) is 1. The van der Waals surface area contributed by atoms with Crippen molar-refractivity contribution in [3.63, 3.8) is 0 Å². The van der Waals surface area contributed by atoms with Crippen LogP contribution in [0.25, 0.3) is 0 Å². The van der Waals surface area contributed by atoms with E-state index in [0.29, 0.717) is 48.6 Å². The lowest BCUT2D eigenvalue weighted by atomic mass is 9.64. The first kappa shape index (κ1) is 48.2. The zero-order chi connectivity index (χ0) is 48.6. The van der Waals surface area contributed by atoms with E-state index in [4.69, 9.17) is 18.9 Å². The monoisotopic (exact) mass is 944 g/mol. The Morgan fingerprint density at radius 2 is 1.44 bits per heavy atom. The lowest BCUT2D eigenvalue weighted by Crippen LogP contribution is -2.56. The Morgan fingerprint density at radius 3 is 2.14 bits per heavy atom. The maximum Gasteiger partial charge on any atom is 0.421 e. The van der Waals surface area contributed by atoms with Crippen molar-refractivity contribution in [2.45, 2.75) is 68.3 Å². The first-order chi connectivity index (χ1) is 34.3. The largest absolute Gasteiger partial charge is 0.491 e. The summed E-state index contributed by atoms with van der Waals surface area (Å²) in [5.74, 6) is 3.79. The third-order valence-electron chi connectivity index (χ3n) is 14.0. The van der Waals surface area contributed by atoms with E-state index in [2.05, 4.69) is 28.9 Å². The number of esters is 1. The molecule has 1 spiro atoms. The van der Waals surface area contributed by atoms with Gasteiger partial charge >= 0.3 is 12.1 Å². The van der Waals surface area contributed by atoms with Crippen LogP contribution in [-0.4, -0.2) is 110 Å². The van der Waals surface area contributed by atoms with Crippen LogP contribution in [0.4, 0.5) is 10.5 Å². The molecule has 5 aromatic carbocycles. The van der Waals surface area contributed by atoms with Crippen LogP contribution < -0.4 is 9.64 Å². The van der Waals surface area contributed by atoms with Gasteiger partial charge in [-0.15, -0.1) is 0 Å². The summed E-state index contributed by atoms with van der Waals surface area (Å²) in [4.78, 5) is 70.1. The van der Waals surface area contributed by atoms with Gasteiger partial charge in [0, 0.05) is 37.9 Å². The second-order valence-corrected chi connectivity index (χ2v) is 18.4. The van der Waals surface area contributed by atoms with Gasteiger partial charge in [-0.05, 0) is 66.4 Å². The molecule has 0 aliphatic carbocycles. The van der Waals surface area contributed by atoms with Gasteiger partial charge in [-0.25, -0.2) is 9.69 Å². The van der Waals surface area contributed by atoms with Crippen molar-refractivity contribution in [2.75, 3.05) is 65.1 Å². The van der Waals surface area contributed by atoms with E-state index >= 15 is 14.4 Å². The molecule has 9 rings (SSSR count). The Hall–Kier alpha value is -6.82. The van der Waals surface area contributed by atoms with Crippen LogP contribution in [0.1, 0.15) is 83.7 Å². The first-order valence-corrected chi connectivity index (χ1v) is 24.3. The molecule has 0 radical (unpaired) electrons. The number of fused-ring (bicyclic) bond motifs is 3. The van der Waals surface area contributed by atoms with Crippen LogP contribution in [0.2, 0.25) is 0 Å². The van der Waals surface area contributed by atoms with Gasteiger partial charge in [0.1, 0.15) is 36.5 Å². The Morgan fingerprint density at radius 1 is 0.786 bits per heavy atom. The molecule has 0 bridgehead atoms. The molecular weight excluding hydrogens is 885 g/mol. The number of nitrogens with zero attached hydrogens (tertiary/aromatic N) is 4. The summed E-state index contributed by atoms with van der Waals surface area (Å²) < 4.78 is 24.1. The van der Waals surface area contributed by atoms with Gasteiger partial charge in [0.15, 0.2) is 0 Å². The van der Waals surface area contributed by atoms with Crippen molar-refractivity contribution >= 4 is 29.6 Å². The molecule has 13 nitrogen and oxygen atoms in total. The summed E-state index contributed by atoms with van der Waals surface area (Å²) in [5.41, 5.74) is 2.24. The van der Waals surface area contributed by atoms with Crippen LogP contribution in [0.3, 0.4) is 0 Å². The van der Waals surface area contributed by atoms with Gasteiger partial charge in [0.25, 0.3) is 0 Å². The van der Waals surface area contributed by atoms with Crippen molar-refractivity contribution in [3.8, 4) is 17.6 Å². The van der Waals surface area contributed by atoms with Crippen molar-refractivity contribution in [1.82, 2.24) is 14.7 Å². The second-order valence-electron chi connectivity index (χ2n) is 18.4. The van der Waals surface area contributed by atoms with Gasteiger partial charge in [0.2, 0.25) is 11.8 Å². The number of benzene rings is 5. The normalized spacial score (nSPS) is 23.2. The maximum atomic E-state index is 16.6. The van der Waals surface area contributed by atoms with E-state index in [1.54, 1.807) is 24.3 Å².